The van der Waals surface area contributed by atoms with E-state index < -0.39 is 5.97 Å². The molecule has 3 rings (SSSR count). The van der Waals surface area contributed by atoms with Gasteiger partial charge in [0.2, 0.25) is 0 Å². The number of benzene rings is 1. The molecule has 1 fully saturated rings. The minimum Gasteiger partial charge on any atom is -0.478 e. The van der Waals surface area contributed by atoms with Crippen LogP contribution in [0.5, 0.6) is 0 Å². The van der Waals surface area contributed by atoms with Crippen molar-refractivity contribution >= 4 is 11.9 Å². The zero-order chi connectivity index (χ0) is 16.4. The van der Waals surface area contributed by atoms with Crippen LogP contribution in [0.3, 0.4) is 0 Å². The van der Waals surface area contributed by atoms with Gasteiger partial charge in [0.1, 0.15) is 5.69 Å². The maximum absolute atomic E-state index is 12.6. The lowest BCUT2D eigenvalue weighted by Gasteiger charge is -2.16. The van der Waals surface area contributed by atoms with Crippen molar-refractivity contribution in [2.75, 3.05) is 13.1 Å². The lowest BCUT2D eigenvalue weighted by Crippen LogP contribution is -2.29. The molecule has 0 radical (unpaired) electrons. The Morgan fingerprint density at radius 2 is 1.91 bits per heavy atom. The second-order valence-corrected chi connectivity index (χ2v) is 5.78. The first-order chi connectivity index (χ1) is 11.1. The average molecular weight is 310 g/mol. The van der Waals surface area contributed by atoms with E-state index in [0.717, 1.165) is 6.42 Å². The Bertz CT molecular complexity index is 743. The predicted octanol–water partition coefficient (Wildman–Crippen LogP) is 2.72. The highest BCUT2D eigenvalue weighted by atomic mass is 16.4. The van der Waals surface area contributed by atoms with E-state index in [1.807, 2.05) is 18.2 Å². The van der Waals surface area contributed by atoms with Crippen molar-refractivity contribution in [2.45, 2.75) is 19.3 Å². The number of aryl methyl sites for hydroxylation is 1. The highest BCUT2D eigenvalue weighted by Gasteiger charge is 2.28. The van der Waals surface area contributed by atoms with Gasteiger partial charge in [0.25, 0.3) is 5.91 Å². The summed E-state index contributed by atoms with van der Waals surface area (Å²) in [6, 6.07) is 13.1. The fraction of sp³-hybridized carbons (Fsp3) is 0.278. The van der Waals surface area contributed by atoms with Gasteiger partial charge in [0, 0.05) is 19.0 Å². The molecule has 5 heteroatoms. The van der Waals surface area contributed by atoms with Gasteiger partial charge in [-0.1, -0.05) is 30.3 Å². The molecule has 1 N–H and O–H groups in total. The number of aromatic nitrogens is 1. The van der Waals surface area contributed by atoms with E-state index >= 15 is 0 Å². The van der Waals surface area contributed by atoms with E-state index in [9.17, 15) is 9.59 Å². The van der Waals surface area contributed by atoms with E-state index in [0.29, 0.717) is 30.4 Å². The van der Waals surface area contributed by atoms with Gasteiger partial charge in [-0.25, -0.2) is 9.78 Å². The normalized spacial score (nSPS) is 17.3. The van der Waals surface area contributed by atoms with Crippen LogP contribution in [-0.4, -0.2) is 40.0 Å². The van der Waals surface area contributed by atoms with Gasteiger partial charge in [-0.15, -0.1) is 0 Å². The summed E-state index contributed by atoms with van der Waals surface area (Å²) >= 11 is 0. The lowest BCUT2D eigenvalue weighted by molar-refractivity contribution is 0.0693. The summed E-state index contributed by atoms with van der Waals surface area (Å²) in [5.41, 5.74) is 2.04. The van der Waals surface area contributed by atoms with Gasteiger partial charge in [-0.2, -0.15) is 0 Å². The SMILES string of the molecule is Cc1nc(C(=O)N2CCC(c3ccccc3)C2)ccc1C(=O)O. The number of hydrogen-bond acceptors (Lipinski definition) is 3. The van der Waals surface area contributed by atoms with Crippen molar-refractivity contribution in [3.05, 3.63) is 65.0 Å². The molecule has 1 atom stereocenters. The molecule has 1 saturated heterocycles. The Hall–Kier alpha value is -2.69. The number of rotatable bonds is 3. The van der Waals surface area contributed by atoms with Crippen molar-refractivity contribution in [1.29, 1.82) is 0 Å². The van der Waals surface area contributed by atoms with Crippen LogP contribution in [0.1, 0.15) is 44.4 Å². The summed E-state index contributed by atoms with van der Waals surface area (Å²) in [6.45, 7) is 2.97. The molecule has 1 aromatic carbocycles. The largest absolute Gasteiger partial charge is 0.478 e. The van der Waals surface area contributed by atoms with Gasteiger partial charge in [-0.3, -0.25) is 4.79 Å². The van der Waals surface area contributed by atoms with E-state index in [1.165, 1.54) is 17.7 Å². The van der Waals surface area contributed by atoms with Crippen LogP contribution < -0.4 is 0 Å². The number of hydrogen-bond donors (Lipinski definition) is 1. The number of carbonyl (C=O) groups excluding carboxylic acids is 1. The zero-order valence-corrected chi connectivity index (χ0v) is 12.9. The van der Waals surface area contributed by atoms with Gasteiger partial charge in [0.05, 0.1) is 11.3 Å². The quantitative estimate of drug-likeness (QED) is 0.946. The Morgan fingerprint density at radius 3 is 2.57 bits per heavy atom. The molecule has 1 aliphatic heterocycles. The summed E-state index contributed by atoms with van der Waals surface area (Å²) in [6.07, 6.45) is 0.932. The van der Waals surface area contributed by atoms with Crippen LogP contribution in [0.2, 0.25) is 0 Å². The molecular formula is C18H18N2O3. The Morgan fingerprint density at radius 1 is 1.17 bits per heavy atom. The summed E-state index contributed by atoms with van der Waals surface area (Å²) in [4.78, 5) is 29.6. The molecule has 1 amide bonds. The fourth-order valence-corrected chi connectivity index (χ4v) is 3.01. The first kappa shape index (κ1) is 15.2. The van der Waals surface area contributed by atoms with Crippen LogP contribution >= 0.6 is 0 Å². The molecule has 2 aromatic rings. The first-order valence-electron chi connectivity index (χ1n) is 7.61. The Kier molecular flexibility index (Phi) is 4.10. The van der Waals surface area contributed by atoms with E-state index in [1.54, 1.807) is 11.8 Å². The minimum absolute atomic E-state index is 0.130. The molecule has 0 saturated carbocycles. The molecule has 2 heterocycles. The van der Waals surface area contributed by atoms with Gasteiger partial charge in [-0.05, 0) is 31.0 Å². The van der Waals surface area contributed by atoms with Gasteiger partial charge < -0.3 is 10.0 Å². The van der Waals surface area contributed by atoms with Gasteiger partial charge >= 0.3 is 5.97 Å². The van der Waals surface area contributed by atoms with Crippen molar-refractivity contribution in [1.82, 2.24) is 9.88 Å². The molecular weight excluding hydrogens is 292 g/mol. The van der Waals surface area contributed by atoms with Crippen molar-refractivity contribution in [3.63, 3.8) is 0 Å². The van der Waals surface area contributed by atoms with Crippen molar-refractivity contribution in [2.24, 2.45) is 0 Å². The summed E-state index contributed by atoms with van der Waals surface area (Å²) in [5, 5.41) is 9.03. The first-order valence-corrected chi connectivity index (χ1v) is 7.61. The second kappa shape index (κ2) is 6.20. The van der Waals surface area contributed by atoms with Crippen LogP contribution in [0.25, 0.3) is 0 Å². The summed E-state index contributed by atoms with van der Waals surface area (Å²) in [5.74, 6) is -0.817. The van der Waals surface area contributed by atoms with E-state index in [2.05, 4.69) is 17.1 Å². The highest BCUT2D eigenvalue weighted by Crippen LogP contribution is 2.27. The third kappa shape index (κ3) is 3.08. The monoisotopic (exact) mass is 310 g/mol. The van der Waals surface area contributed by atoms with Crippen LogP contribution in [0.4, 0.5) is 0 Å². The standard InChI is InChI=1S/C18H18N2O3/c1-12-15(18(22)23)7-8-16(19-12)17(21)20-10-9-14(11-20)13-5-3-2-4-6-13/h2-8,14H,9-11H2,1H3,(H,22,23). The smallest absolute Gasteiger partial charge is 0.337 e. The maximum atomic E-state index is 12.6. The molecule has 118 valence electrons. The van der Waals surface area contributed by atoms with E-state index in [4.69, 9.17) is 5.11 Å². The number of carboxylic acid groups (broad SMARTS) is 1. The second-order valence-electron chi connectivity index (χ2n) is 5.78. The van der Waals surface area contributed by atoms with E-state index in [-0.39, 0.29) is 11.5 Å². The number of pyridine rings is 1. The molecule has 5 nitrogen and oxygen atoms in total. The fourth-order valence-electron chi connectivity index (χ4n) is 3.01. The zero-order valence-electron chi connectivity index (χ0n) is 12.9. The summed E-state index contributed by atoms with van der Waals surface area (Å²) in [7, 11) is 0. The number of amides is 1. The molecule has 0 spiro atoms. The number of aromatic carboxylic acids is 1. The molecule has 1 unspecified atom stereocenters. The third-order valence-corrected chi connectivity index (χ3v) is 4.28. The lowest BCUT2D eigenvalue weighted by atomic mass is 9.99. The van der Waals surface area contributed by atoms with Crippen LogP contribution in [0.15, 0.2) is 42.5 Å². The minimum atomic E-state index is -1.03. The van der Waals surface area contributed by atoms with Crippen LogP contribution in [0, 0.1) is 6.92 Å². The Labute approximate surface area is 134 Å². The number of carboxylic acids is 1. The Balaban J connectivity index is 1.74. The third-order valence-electron chi connectivity index (χ3n) is 4.28. The number of nitrogens with zero attached hydrogens (tertiary/aromatic N) is 2. The highest BCUT2D eigenvalue weighted by molar-refractivity contribution is 5.94. The molecule has 1 aromatic heterocycles. The van der Waals surface area contributed by atoms with Crippen LogP contribution in [-0.2, 0) is 0 Å². The van der Waals surface area contributed by atoms with Crippen molar-refractivity contribution < 1.29 is 14.7 Å². The van der Waals surface area contributed by atoms with Gasteiger partial charge in [0.15, 0.2) is 0 Å². The molecule has 0 aliphatic carbocycles. The topological polar surface area (TPSA) is 70.5 Å². The number of likely N-dealkylation sites (tertiary alicyclic amines) is 1. The maximum Gasteiger partial charge on any atom is 0.337 e. The number of carbonyl (C=O) groups is 2. The molecule has 0 bridgehead atoms. The van der Waals surface area contributed by atoms with Crippen molar-refractivity contribution in [3.8, 4) is 0 Å². The molecule has 1 aliphatic rings. The predicted molar refractivity (Wildman–Crippen MR) is 85.6 cm³/mol. The average Bonchev–Trinajstić information content (AvgIpc) is 3.04. The molecule has 23 heavy (non-hydrogen) atoms. The summed E-state index contributed by atoms with van der Waals surface area (Å²) < 4.78 is 0.